The molecule has 1 saturated carbocycles. The monoisotopic (exact) mass is 447 g/mol. The summed E-state index contributed by atoms with van der Waals surface area (Å²) in [4.78, 5) is 34.0. The molecule has 1 aliphatic carbocycles. The van der Waals surface area contributed by atoms with Gasteiger partial charge in [0.25, 0.3) is 5.91 Å². The summed E-state index contributed by atoms with van der Waals surface area (Å²) < 4.78 is 6.09. The zero-order chi connectivity index (χ0) is 23.2. The number of nitrogens with zero attached hydrogens (tertiary/aromatic N) is 2. The number of aromatic nitrogens is 2. The lowest BCUT2D eigenvalue weighted by Crippen LogP contribution is -2.24. The third-order valence-corrected chi connectivity index (χ3v) is 6.48. The van der Waals surface area contributed by atoms with Gasteiger partial charge < -0.3 is 21.1 Å². The van der Waals surface area contributed by atoms with E-state index in [0.29, 0.717) is 24.6 Å². The highest BCUT2D eigenvalue weighted by Crippen LogP contribution is 2.48. The van der Waals surface area contributed by atoms with Crippen LogP contribution >= 0.6 is 0 Å². The fourth-order valence-electron chi connectivity index (χ4n) is 4.68. The minimum atomic E-state index is -0.353. The lowest BCUT2D eigenvalue weighted by Gasteiger charge is -2.17. The molecule has 33 heavy (non-hydrogen) atoms. The number of anilines is 1. The molecule has 0 spiro atoms. The summed E-state index contributed by atoms with van der Waals surface area (Å²) in [6.45, 7) is 4.82. The molecular formula is C25H29N5O3. The van der Waals surface area contributed by atoms with Crippen molar-refractivity contribution < 1.29 is 14.3 Å². The second-order valence-electron chi connectivity index (χ2n) is 9.75. The van der Waals surface area contributed by atoms with Gasteiger partial charge in [-0.05, 0) is 62.8 Å². The summed E-state index contributed by atoms with van der Waals surface area (Å²) >= 11 is 0. The van der Waals surface area contributed by atoms with Crippen molar-refractivity contribution >= 4 is 23.1 Å². The van der Waals surface area contributed by atoms with Gasteiger partial charge in [0.05, 0.1) is 5.57 Å². The topological polar surface area (TPSA) is 119 Å². The first-order chi connectivity index (χ1) is 15.8. The average Bonchev–Trinajstić information content (AvgIpc) is 3.46. The molecule has 2 aliphatic heterocycles. The number of benzene rings is 1. The van der Waals surface area contributed by atoms with Gasteiger partial charge in [0.15, 0.2) is 5.82 Å². The van der Waals surface area contributed by atoms with E-state index in [1.54, 1.807) is 12.3 Å². The lowest BCUT2D eigenvalue weighted by molar-refractivity contribution is -0.122. The van der Waals surface area contributed by atoms with Crippen LogP contribution in [0.1, 0.15) is 61.7 Å². The van der Waals surface area contributed by atoms with Crippen LogP contribution in [0.15, 0.2) is 30.6 Å². The maximum absolute atomic E-state index is 13.2. The number of amides is 2. The van der Waals surface area contributed by atoms with E-state index in [-0.39, 0.29) is 34.7 Å². The van der Waals surface area contributed by atoms with E-state index >= 15 is 0 Å². The molecule has 0 radical (unpaired) electrons. The van der Waals surface area contributed by atoms with E-state index in [0.717, 1.165) is 48.2 Å². The number of carbonyl (C=O) groups is 2. The third kappa shape index (κ3) is 4.42. The highest BCUT2D eigenvalue weighted by atomic mass is 16.5. The minimum absolute atomic E-state index is 0.0406. The van der Waals surface area contributed by atoms with Crippen LogP contribution in [0.4, 0.5) is 5.69 Å². The van der Waals surface area contributed by atoms with Gasteiger partial charge in [-0.25, -0.2) is 9.97 Å². The zero-order valence-electron chi connectivity index (χ0n) is 19.0. The number of rotatable bonds is 6. The van der Waals surface area contributed by atoms with Crippen LogP contribution in [0.5, 0.6) is 5.75 Å². The molecule has 1 atom stereocenters. The molecule has 172 valence electrons. The number of hydrogen-bond donors (Lipinski definition) is 3. The normalized spacial score (nSPS) is 21.3. The molecule has 1 saturated heterocycles. The molecule has 2 amide bonds. The van der Waals surface area contributed by atoms with Gasteiger partial charge in [0.2, 0.25) is 5.91 Å². The Morgan fingerprint density at radius 2 is 2.15 bits per heavy atom. The quantitative estimate of drug-likeness (QED) is 0.586. The molecular weight excluding hydrogens is 418 g/mol. The van der Waals surface area contributed by atoms with Gasteiger partial charge in [-0.15, -0.1) is 0 Å². The van der Waals surface area contributed by atoms with Crippen LogP contribution in [0.3, 0.4) is 0 Å². The molecule has 4 N–H and O–H groups in total. The van der Waals surface area contributed by atoms with Crippen LogP contribution in [0.2, 0.25) is 0 Å². The molecule has 3 aliphatic rings. The average molecular weight is 448 g/mol. The van der Waals surface area contributed by atoms with Gasteiger partial charge >= 0.3 is 0 Å². The number of hydrogen-bond acceptors (Lipinski definition) is 6. The molecule has 0 bridgehead atoms. The Morgan fingerprint density at radius 1 is 1.33 bits per heavy atom. The minimum Gasteiger partial charge on any atom is -0.487 e. The Hall–Kier alpha value is -3.42. The Balaban J connectivity index is 1.38. The molecule has 8 heteroatoms. The standard InChI is InChI=1S/C25H29N5O3/c1-25(2)12-16-10-20(18(14-3-4-14)11-21(16)33-25)30-24(32)19(13-26)22-27-8-6-17(29-22)9-15-5-7-28-23(15)31/h6,8,10-11,13-15H,3-5,7,9,12,26H2,1-2H3,(H,28,31)(H,30,32)/t15-/m0/s1. The fraction of sp³-hybridized carbons (Fsp3) is 0.440. The summed E-state index contributed by atoms with van der Waals surface area (Å²) in [5.74, 6) is 1.17. The van der Waals surface area contributed by atoms with Crippen molar-refractivity contribution in [1.82, 2.24) is 15.3 Å². The first-order valence-electron chi connectivity index (χ1n) is 11.5. The predicted molar refractivity (Wildman–Crippen MR) is 124 cm³/mol. The zero-order valence-corrected chi connectivity index (χ0v) is 19.0. The highest BCUT2D eigenvalue weighted by Gasteiger charge is 2.34. The van der Waals surface area contributed by atoms with Crippen LogP contribution in [0.25, 0.3) is 5.57 Å². The van der Waals surface area contributed by atoms with E-state index < -0.39 is 0 Å². The van der Waals surface area contributed by atoms with Crippen LogP contribution in [-0.2, 0) is 22.4 Å². The van der Waals surface area contributed by atoms with Crippen molar-refractivity contribution in [2.24, 2.45) is 11.7 Å². The van der Waals surface area contributed by atoms with Crippen LogP contribution < -0.4 is 21.1 Å². The Labute approximate surface area is 193 Å². The van der Waals surface area contributed by atoms with Crippen LogP contribution in [0, 0.1) is 5.92 Å². The largest absolute Gasteiger partial charge is 0.487 e. The van der Waals surface area contributed by atoms with Gasteiger partial charge in [-0.3, -0.25) is 9.59 Å². The van der Waals surface area contributed by atoms with Gasteiger partial charge in [-0.1, -0.05) is 0 Å². The van der Waals surface area contributed by atoms with Crippen molar-refractivity contribution in [3.05, 3.63) is 53.2 Å². The lowest BCUT2D eigenvalue weighted by atomic mass is 9.98. The maximum atomic E-state index is 13.2. The predicted octanol–water partition coefficient (Wildman–Crippen LogP) is 2.68. The van der Waals surface area contributed by atoms with Crippen molar-refractivity contribution in [3.8, 4) is 5.75 Å². The Morgan fingerprint density at radius 3 is 2.85 bits per heavy atom. The van der Waals surface area contributed by atoms with Gasteiger partial charge in [0, 0.05) is 54.6 Å². The van der Waals surface area contributed by atoms with Crippen molar-refractivity contribution in [3.63, 3.8) is 0 Å². The second kappa shape index (κ2) is 8.17. The SMILES string of the molecule is CC1(C)Cc2cc(NC(=O)C(=CN)c3nccc(C[C@@H]4CCNC4=O)n3)c(C3CC3)cc2O1. The fourth-order valence-corrected chi connectivity index (χ4v) is 4.68. The number of carbonyl (C=O) groups excluding carboxylic acids is 2. The van der Waals surface area contributed by atoms with Gasteiger partial charge in [-0.2, -0.15) is 0 Å². The summed E-state index contributed by atoms with van der Waals surface area (Å²) in [5, 5.41) is 5.89. The molecule has 1 aromatic heterocycles. The highest BCUT2D eigenvalue weighted by molar-refractivity contribution is 6.24. The molecule has 2 aromatic rings. The van der Waals surface area contributed by atoms with E-state index in [2.05, 4.69) is 40.5 Å². The van der Waals surface area contributed by atoms with Crippen molar-refractivity contribution in [2.75, 3.05) is 11.9 Å². The Bertz CT molecular complexity index is 1150. The first kappa shape index (κ1) is 21.4. The molecule has 2 fully saturated rings. The van der Waals surface area contributed by atoms with Crippen molar-refractivity contribution in [2.45, 2.75) is 57.5 Å². The smallest absolute Gasteiger partial charge is 0.260 e. The second-order valence-corrected chi connectivity index (χ2v) is 9.75. The third-order valence-electron chi connectivity index (χ3n) is 6.48. The van der Waals surface area contributed by atoms with Crippen molar-refractivity contribution in [1.29, 1.82) is 0 Å². The number of ether oxygens (including phenoxy) is 1. The van der Waals surface area contributed by atoms with E-state index in [1.165, 1.54) is 6.20 Å². The van der Waals surface area contributed by atoms with E-state index in [1.807, 2.05) is 6.07 Å². The van der Waals surface area contributed by atoms with Crippen LogP contribution in [-0.4, -0.2) is 33.9 Å². The summed E-state index contributed by atoms with van der Waals surface area (Å²) in [6.07, 6.45) is 7.12. The van der Waals surface area contributed by atoms with E-state index in [9.17, 15) is 9.59 Å². The first-order valence-corrected chi connectivity index (χ1v) is 11.5. The summed E-state index contributed by atoms with van der Waals surface area (Å²) in [7, 11) is 0. The maximum Gasteiger partial charge on any atom is 0.260 e. The summed E-state index contributed by atoms with van der Waals surface area (Å²) in [5.41, 5.74) is 9.48. The Kier molecular flexibility index (Phi) is 5.31. The molecule has 8 nitrogen and oxygen atoms in total. The molecule has 0 unspecified atom stereocenters. The van der Waals surface area contributed by atoms with Gasteiger partial charge in [0.1, 0.15) is 11.4 Å². The number of fused-ring (bicyclic) bond motifs is 1. The van der Waals surface area contributed by atoms with E-state index in [4.69, 9.17) is 10.5 Å². The number of nitrogens with two attached hydrogens (primary N) is 1. The molecule has 3 heterocycles. The summed E-state index contributed by atoms with van der Waals surface area (Å²) in [6, 6.07) is 5.88. The molecule has 1 aromatic carbocycles. The molecule has 5 rings (SSSR count). The number of nitrogens with one attached hydrogen (secondary N) is 2.